The Morgan fingerprint density at radius 2 is 2.27 bits per heavy atom. The average molecular weight is 298 g/mol. The van der Waals surface area contributed by atoms with Crippen LogP contribution in [0, 0.1) is 16.7 Å². The lowest BCUT2D eigenvalue weighted by molar-refractivity contribution is -0.129. The minimum Gasteiger partial charge on any atom is -0.352 e. The number of rotatable bonds is 4. The van der Waals surface area contributed by atoms with Crippen LogP contribution in [0.1, 0.15) is 45.7 Å². The molecule has 1 aromatic rings. The molecular weight excluding hydrogens is 272 g/mol. The molecule has 3 unspecified atom stereocenters. The summed E-state index contributed by atoms with van der Waals surface area (Å²) in [5.74, 6) is 0.783. The number of carbonyl (C=O) groups excluding carboxylic acids is 1. The second-order valence-corrected chi connectivity index (χ2v) is 7.62. The molecule has 22 heavy (non-hydrogen) atoms. The Hall–Kier alpha value is -1.64. The van der Waals surface area contributed by atoms with Crippen molar-refractivity contribution in [2.24, 2.45) is 16.7 Å². The van der Waals surface area contributed by atoms with Crippen LogP contribution in [0.5, 0.6) is 0 Å². The summed E-state index contributed by atoms with van der Waals surface area (Å²) in [5, 5.41) is 3.22. The lowest BCUT2D eigenvalue weighted by Crippen LogP contribution is -2.45. The van der Waals surface area contributed by atoms with Crippen LogP contribution >= 0.6 is 0 Å². The number of fused-ring (bicyclic) bond motifs is 2. The summed E-state index contributed by atoms with van der Waals surface area (Å²) in [4.78, 5) is 17.3. The van der Waals surface area contributed by atoms with Crippen molar-refractivity contribution in [3.63, 3.8) is 0 Å². The second-order valence-electron chi connectivity index (χ2n) is 7.62. The Bertz CT molecular complexity index is 593. The maximum atomic E-state index is 12.9. The Morgan fingerprint density at radius 1 is 1.50 bits per heavy atom. The van der Waals surface area contributed by atoms with Gasteiger partial charge in [0.25, 0.3) is 0 Å². The first-order valence-corrected chi connectivity index (χ1v) is 8.27. The van der Waals surface area contributed by atoms with Gasteiger partial charge in [0.05, 0.1) is 5.41 Å². The zero-order chi connectivity index (χ0) is 16.0. The molecule has 0 spiro atoms. The maximum Gasteiger partial charge on any atom is 0.230 e. The number of hydrogen-bond acceptors (Lipinski definition) is 2. The van der Waals surface area contributed by atoms with Gasteiger partial charge in [-0.1, -0.05) is 32.1 Å². The summed E-state index contributed by atoms with van der Waals surface area (Å²) in [6, 6.07) is 5.99. The smallest absolute Gasteiger partial charge is 0.230 e. The van der Waals surface area contributed by atoms with Crippen molar-refractivity contribution in [3.8, 4) is 0 Å². The van der Waals surface area contributed by atoms with Crippen molar-refractivity contribution >= 4 is 5.91 Å². The molecule has 0 saturated heterocycles. The van der Waals surface area contributed by atoms with Gasteiger partial charge in [0.1, 0.15) is 0 Å². The topological polar surface area (TPSA) is 42.0 Å². The number of nitrogens with one attached hydrogen (secondary N) is 1. The van der Waals surface area contributed by atoms with Crippen LogP contribution in [0.3, 0.4) is 0 Å². The van der Waals surface area contributed by atoms with Gasteiger partial charge in [-0.2, -0.15) is 0 Å². The Morgan fingerprint density at radius 3 is 2.86 bits per heavy atom. The van der Waals surface area contributed by atoms with Crippen LogP contribution in [0.2, 0.25) is 0 Å². The average Bonchev–Trinajstić information content (AvgIpc) is 3.00. The van der Waals surface area contributed by atoms with E-state index in [-0.39, 0.29) is 22.8 Å². The van der Waals surface area contributed by atoms with Crippen molar-refractivity contribution < 1.29 is 4.79 Å². The molecule has 3 heteroatoms. The minimum absolute atomic E-state index is 0.0901. The lowest BCUT2D eigenvalue weighted by atomic mass is 9.68. The highest BCUT2D eigenvalue weighted by molar-refractivity contribution is 5.87. The fraction of sp³-hybridized carbons (Fsp3) is 0.579. The summed E-state index contributed by atoms with van der Waals surface area (Å²) in [5.41, 5.74) is 1.92. The van der Waals surface area contributed by atoms with E-state index < -0.39 is 0 Å². The van der Waals surface area contributed by atoms with E-state index in [2.05, 4.69) is 37.7 Å². The molecule has 1 N–H and O–H groups in total. The first-order valence-electron chi connectivity index (χ1n) is 8.27. The number of hydrogen-bond donors (Lipinski definition) is 1. The maximum absolute atomic E-state index is 12.9. The monoisotopic (exact) mass is 298 g/mol. The summed E-state index contributed by atoms with van der Waals surface area (Å²) in [7, 11) is 0. The molecule has 1 aromatic heterocycles. The Balaban J connectivity index is 1.69. The largest absolute Gasteiger partial charge is 0.352 e. The Kier molecular flexibility index (Phi) is 3.62. The summed E-state index contributed by atoms with van der Waals surface area (Å²) in [6.45, 7) is 10.8. The van der Waals surface area contributed by atoms with Gasteiger partial charge in [-0.25, -0.2) is 0 Å². The van der Waals surface area contributed by atoms with E-state index in [4.69, 9.17) is 0 Å². The third-order valence-electron chi connectivity index (χ3n) is 5.94. The SMILES string of the molecule is C=C1C2(C(=O)NC(C)Cc3ccccn3)CCC(C2)C1(C)C. The molecule has 0 radical (unpaired) electrons. The van der Waals surface area contributed by atoms with E-state index >= 15 is 0 Å². The van der Waals surface area contributed by atoms with Gasteiger partial charge in [-0.3, -0.25) is 9.78 Å². The predicted octanol–water partition coefficient (Wildman–Crippen LogP) is 3.51. The van der Waals surface area contributed by atoms with Crippen molar-refractivity contribution in [1.82, 2.24) is 10.3 Å². The van der Waals surface area contributed by atoms with E-state index in [0.29, 0.717) is 5.92 Å². The number of aromatic nitrogens is 1. The van der Waals surface area contributed by atoms with E-state index in [9.17, 15) is 4.79 Å². The minimum atomic E-state index is -0.327. The molecule has 2 fully saturated rings. The van der Waals surface area contributed by atoms with Gasteiger partial charge >= 0.3 is 0 Å². The Labute approximate surface area is 133 Å². The van der Waals surface area contributed by atoms with Gasteiger partial charge in [-0.05, 0) is 49.7 Å². The molecule has 2 aliphatic rings. The normalized spacial score (nSPS) is 30.3. The summed E-state index contributed by atoms with van der Waals surface area (Å²) >= 11 is 0. The van der Waals surface area contributed by atoms with Gasteiger partial charge < -0.3 is 5.32 Å². The molecule has 0 aliphatic heterocycles. The molecule has 1 amide bonds. The van der Waals surface area contributed by atoms with Crippen LogP contribution in [0.15, 0.2) is 36.5 Å². The molecule has 2 aliphatic carbocycles. The highest BCUT2D eigenvalue weighted by Gasteiger charge is 2.60. The first kappa shape index (κ1) is 15.3. The van der Waals surface area contributed by atoms with Crippen molar-refractivity contribution in [3.05, 3.63) is 42.2 Å². The van der Waals surface area contributed by atoms with E-state index in [1.807, 2.05) is 18.2 Å². The van der Waals surface area contributed by atoms with Crippen LogP contribution in [0.25, 0.3) is 0 Å². The second kappa shape index (κ2) is 5.22. The predicted molar refractivity (Wildman–Crippen MR) is 88.2 cm³/mol. The lowest BCUT2D eigenvalue weighted by Gasteiger charge is -2.37. The van der Waals surface area contributed by atoms with Crippen LogP contribution < -0.4 is 5.32 Å². The summed E-state index contributed by atoms with van der Waals surface area (Å²) in [6.07, 6.45) is 5.64. The highest BCUT2D eigenvalue weighted by atomic mass is 16.2. The molecule has 0 aromatic carbocycles. The highest BCUT2D eigenvalue weighted by Crippen LogP contribution is 2.65. The summed E-state index contributed by atoms with van der Waals surface area (Å²) < 4.78 is 0. The van der Waals surface area contributed by atoms with Gasteiger partial charge in [0.2, 0.25) is 5.91 Å². The number of pyridine rings is 1. The molecular formula is C19H26N2O. The van der Waals surface area contributed by atoms with Crippen LogP contribution in [-0.4, -0.2) is 16.9 Å². The molecule has 3 nitrogen and oxygen atoms in total. The first-order chi connectivity index (χ1) is 10.4. The number of nitrogens with zero attached hydrogens (tertiary/aromatic N) is 1. The molecule has 2 bridgehead atoms. The van der Waals surface area contributed by atoms with E-state index in [1.54, 1.807) is 6.20 Å². The third kappa shape index (κ3) is 2.27. The molecule has 2 saturated carbocycles. The van der Waals surface area contributed by atoms with Gasteiger partial charge in [-0.15, -0.1) is 0 Å². The quantitative estimate of drug-likeness (QED) is 0.864. The molecule has 118 valence electrons. The van der Waals surface area contributed by atoms with Gasteiger partial charge in [0.15, 0.2) is 0 Å². The van der Waals surface area contributed by atoms with E-state index in [1.165, 1.54) is 0 Å². The standard InChI is InChI=1S/C19H26N2O/c1-13(11-16-7-5-6-10-20-16)21-17(22)19-9-8-15(12-19)18(3,4)14(19)2/h5-7,10,13,15H,2,8-9,11-12H2,1,3-4H3,(H,21,22). The van der Waals surface area contributed by atoms with Crippen LogP contribution in [-0.2, 0) is 11.2 Å². The zero-order valence-corrected chi connectivity index (χ0v) is 13.9. The van der Waals surface area contributed by atoms with Crippen molar-refractivity contribution in [2.45, 2.75) is 52.5 Å². The number of carbonyl (C=O) groups is 1. The van der Waals surface area contributed by atoms with Gasteiger partial charge in [0, 0.05) is 24.4 Å². The zero-order valence-electron chi connectivity index (χ0n) is 13.9. The fourth-order valence-electron chi connectivity index (χ4n) is 4.39. The number of amides is 1. The fourth-order valence-corrected chi connectivity index (χ4v) is 4.39. The van der Waals surface area contributed by atoms with E-state index in [0.717, 1.165) is 37.0 Å². The molecule has 1 heterocycles. The molecule has 3 rings (SSSR count). The van der Waals surface area contributed by atoms with Crippen molar-refractivity contribution in [2.75, 3.05) is 0 Å². The van der Waals surface area contributed by atoms with Crippen molar-refractivity contribution in [1.29, 1.82) is 0 Å². The third-order valence-corrected chi connectivity index (χ3v) is 5.94. The van der Waals surface area contributed by atoms with Crippen LogP contribution in [0.4, 0.5) is 0 Å². The molecule has 3 atom stereocenters.